The second kappa shape index (κ2) is 12.6. The Balaban J connectivity index is 1.02. The Kier molecular flexibility index (Phi) is 7.17. The maximum absolute atomic E-state index is 6.23. The van der Waals surface area contributed by atoms with E-state index in [0.717, 1.165) is 83.2 Å². The number of hydrogen-bond donors (Lipinski definition) is 0. The normalized spacial score (nSPS) is 11.6. The van der Waals surface area contributed by atoms with E-state index in [1.807, 2.05) is 24.3 Å². The lowest BCUT2D eigenvalue weighted by Gasteiger charge is -2.26. The third kappa shape index (κ3) is 5.20. The number of rotatable bonds is 6. The summed E-state index contributed by atoms with van der Waals surface area (Å²) in [5.74, 6) is 0. The van der Waals surface area contributed by atoms with E-state index < -0.39 is 0 Å². The fraction of sp³-hybridized carbons (Fsp3) is 0. The molecule has 2 aromatic heterocycles. The van der Waals surface area contributed by atoms with Crippen LogP contribution in [0.25, 0.3) is 88.0 Å². The van der Waals surface area contributed by atoms with Crippen LogP contribution in [0.4, 0.5) is 17.1 Å². The number of hydrogen-bond acceptors (Lipinski definition) is 3. The summed E-state index contributed by atoms with van der Waals surface area (Å²) in [4.78, 5) is 2.34. The number of benzene rings is 9. The van der Waals surface area contributed by atoms with E-state index in [0.29, 0.717) is 0 Å². The lowest BCUT2D eigenvalue weighted by atomic mass is 9.97. The van der Waals surface area contributed by atoms with Crippen molar-refractivity contribution in [1.29, 1.82) is 0 Å². The van der Waals surface area contributed by atoms with Crippen molar-refractivity contribution in [3.05, 3.63) is 200 Å². The Hall–Kier alpha value is -7.36. The van der Waals surface area contributed by atoms with Crippen molar-refractivity contribution in [2.75, 3.05) is 4.90 Å². The van der Waals surface area contributed by atoms with Crippen LogP contribution in [-0.2, 0) is 0 Å². The Labute approximate surface area is 317 Å². The molecule has 0 amide bonds. The van der Waals surface area contributed by atoms with Crippen molar-refractivity contribution in [1.82, 2.24) is 0 Å². The highest BCUT2D eigenvalue weighted by molar-refractivity contribution is 6.13. The van der Waals surface area contributed by atoms with Crippen molar-refractivity contribution < 1.29 is 8.83 Å². The fourth-order valence-corrected chi connectivity index (χ4v) is 8.32. The van der Waals surface area contributed by atoms with Crippen molar-refractivity contribution in [2.45, 2.75) is 0 Å². The van der Waals surface area contributed by atoms with E-state index >= 15 is 0 Å². The van der Waals surface area contributed by atoms with Crippen LogP contribution >= 0.6 is 0 Å². The molecule has 0 aliphatic carbocycles. The zero-order chi connectivity index (χ0) is 36.3. The second-order valence-corrected chi connectivity index (χ2v) is 14.1. The van der Waals surface area contributed by atoms with Gasteiger partial charge in [-0.3, -0.25) is 0 Å². The van der Waals surface area contributed by atoms with Crippen LogP contribution < -0.4 is 4.90 Å². The van der Waals surface area contributed by atoms with Gasteiger partial charge >= 0.3 is 0 Å². The highest BCUT2D eigenvalue weighted by atomic mass is 16.3. The lowest BCUT2D eigenvalue weighted by molar-refractivity contribution is 0.668. The highest BCUT2D eigenvalue weighted by Gasteiger charge is 2.17. The molecule has 3 heteroatoms. The SMILES string of the molecule is c1ccc2c(-c3ccc(N(c4ccc(-c5cccc6oc7ccccc7c56)cc4)c4ccc(-c5cccc6oc7ccccc7c56)cc4)cc3)cccc2c1. The average Bonchev–Trinajstić information content (AvgIpc) is 3.83. The highest BCUT2D eigenvalue weighted by Crippen LogP contribution is 2.42. The minimum absolute atomic E-state index is 0.898. The molecule has 258 valence electrons. The molecular weight excluding hydrogens is 671 g/mol. The zero-order valence-electron chi connectivity index (χ0n) is 29.8. The summed E-state index contributed by atoms with van der Waals surface area (Å²) < 4.78 is 12.5. The van der Waals surface area contributed by atoms with Gasteiger partial charge in [-0.2, -0.15) is 0 Å². The first kappa shape index (κ1) is 31.2. The van der Waals surface area contributed by atoms with Crippen molar-refractivity contribution >= 4 is 71.7 Å². The molecule has 0 fully saturated rings. The molecule has 0 N–H and O–H groups in total. The van der Waals surface area contributed by atoms with Gasteiger partial charge in [-0.15, -0.1) is 0 Å². The maximum atomic E-state index is 6.23. The minimum atomic E-state index is 0.898. The van der Waals surface area contributed by atoms with Crippen LogP contribution in [0.15, 0.2) is 209 Å². The molecule has 9 aromatic carbocycles. The van der Waals surface area contributed by atoms with Gasteiger partial charge in [-0.1, -0.05) is 140 Å². The number of fused-ring (bicyclic) bond motifs is 7. The van der Waals surface area contributed by atoms with E-state index in [4.69, 9.17) is 8.83 Å². The van der Waals surface area contributed by atoms with Gasteiger partial charge < -0.3 is 13.7 Å². The molecule has 0 aliphatic rings. The van der Waals surface area contributed by atoms with E-state index in [9.17, 15) is 0 Å². The summed E-state index contributed by atoms with van der Waals surface area (Å²) in [6.07, 6.45) is 0. The summed E-state index contributed by atoms with van der Waals surface area (Å²) in [5, 5.41) is 7.03. The molecular formula is C52H33NO2. The van der Waals surface area contributed by atoms with Crippen LogP contribution in [0, 0.1) is 0 Å². The zero-order valence-corrected chi connectivity index (χ0v) is 29.8. The quantitative estimate of drug-likeness (QED) is 0.173. The molecule has 0 radical (unpaired) electrons. The van der Waals surface area contributed by atoms with Crippen molar-refractivity contribution in [3.8, 4) is 33.4 Å². The Morgan fingerprint density at radius 2 is 0.636 bits per heavy atom. The molecule has 11 aromatic rings. The summed E-state index contributed by atoms with van der Waals surface area (Å²) in [6.45, 7) is 0. The van der Waals surface area contributed by atoms with E-state index in [-0.39, 0.29) is 0 Å². The first-order valence-electron chi connectivity index (χ1n) is 18.7. The standard InChI is InChI=1S/C52H33NO2/c1-2-12-41-34(10-1)11-7-15-42(41)35-22-28-38(29-23-35)53(39-30-24-36(25-31-39)43-16-8-20-49-51(43)45-13-3-5-18-47(45)54-49)40-32-26-37(27-33-40)44-17-9-21-50-52(44)46-14-4-6-19-48(46)55-50/h1-33H. The lowest BCUT2D eigenvalue weighted by Crippen LogP contribution is -2.09. The van der Waals surface area contributed by atoms with Gasteiger partial charge in [0.05, 0.1) is 0 Å². The van der Waals surface area contributed by atoms with Gasteiger partial charge in [-0.25, -0.2) is 0 Å². The topological polar surface area (TPSA) is 29.5 Å². The number of nitrogens with zero attached hydrogens (tertiary/aromatic N) is 1. The molecule has 3 nitrogen and oxygen atoms in total. The summed E-state index contributed by atoms with van der Waals surface area (Å²) in [7, 11) is 0. The molecule has 0 saturated heterocycles. The molecule has 0 unspecified atom stereocenters. The largest absolute Gasteiger partial charge is 0.456 e. The van der Waals surface area contributed by atoms with E-state index in [2.05, 4.69) is 181 Å². The monoisotopic (exact) mass is 703 g/mol. The van der Waals surface area contributed by atoms with Gasteiger partial charge in [0.1, 0.15) is 22.3 Å². The number of furan rings is 2. The van der Waals surface area contributed by atoms with Crippen LogP contribution in [0.5, 0.6) is 0 Å². The first-order chi connectivity index (χ1) is 27.3. The Bertz CT molecular complexity index is 3020. The van der Waals surface area contributed by atoms with Crippen LogP contribution in [0.3, 0.4) is 0 Å². The summed E-state index contributed by atoms with van der Waals surface area (Å²) >= 11 is 0. The fourth-order valence-electron chi connectivity index (χ4n) is 8.32. The second-order valence-electron chi connectivity index (χ2n) is 14.1. The molecule has 2 heterocycles. The maximum Gasteiger partial charge on any atom is 0.136 e. The van der Waals surface area contributed by atoms with Crippen LogP contribution in [0.1, 0.15) is 0 Å². The van der Waals surface area contributed by atoms with Gasteiger partial charge in [0.15, 0.2) is 0 Å². The van der Waals surface area contributed by atoms with E-state index in [1.165, 1.54) is 21.9 Å². The van der Waals surface area contributed by atoms with Gasteiger partial charge in [0, 0.05) is 38.6 Å². The number of para-hydroxylation sites is 2. The van der Waals surface area contributed by atoms with Gasteiger partial charge in [-0.05, 0) is 105 Å². The minimum Gasteiger partial charge on any atom is -0.456 e. The molecule has 0 saturated carbocycles. The predicted octanol–water partition coefficient (Wildman–Crippen LogP) is 15.1. The summed E-state index contributed by atoms with van der Waals surface area (Å²) in [6, 6.07) is 71.0. The molecule has 0 bridgehead atoms. The Morgan fingerprint density at radius 1 is 0.273 bits per heavy atom. The van der Waals surface area contributed by atoms with Crippen molar-refractivity contribution in [3.63, 3.8) is 0 Å². The smallest absolute Gasteiger partial charge is 0.136 e. The third-order valence-electron chi connectivity index (χ3n) is 10.9. The molecule has 11 rings (SSSR count). The molecule has 0 aliphatic heterocycles. The molecule has 55 heavy (non-hydrogen) atoms. The summed E-state index contributed by atoms with van der Waals surface area (Å²) in [5.41, 5.74) is 13.8. The molecule has 0 atom stereocenters. The van der Waals surface area contributed by atoms with Gasteiger partial charge in [0.2, 0.25) is 0 Å². The van der Waals surface area contributed by atoms with E-state index in [1.54, 1.807) is 0 Å². The van der Waals surface area contributed by atoms with Crippen LogP contribution in [0.2, 0.25) is 0 Å². The van der Waals surface area contributed by atoms with Gasteiger partial charge in [0.25, 0.3) is 0 Å². The molecule has 0 spiro atoms. The van der Waals surface area contributed by atoms with Crippen LogP contribution in [-0.4, -0.2) is 0 Å². The Morgan fingerprint density at radius 3 is 1.15 bits per heavy atom. The average molecular weight is 704 g/mol. The first-order valence-corrected chi connectivity index (χ1v) is 18.7. The third-order valence-corrected chi connectivity index (χ3v) is 10.9. The number of anilines is 3. The predicted molar refractivity (Wildman–Crippen MR) is 229 cm³/mol. The van der Waals surface area contributed by atoms with Crippen molar-refractivity contribution in [2.24, 2.45) is 0 Å².